The summed E-state index contributed by atoms with van der Waals surface area (Å²) in [5.74, 6) is 1.67. The number of halogens is 2. The number of nitrogens with one attached hydrogen (secondary N) is 1. The van der Waals surface area contributed by atoms with E-state index in [1.807, 2.05) is 0 Å². The first kappa shape index (κ1) is 26.5. The number of nitrogens with zero attached hydrogens (tertiary/aromatic N) is 1. The Labute approximate surface area is 232 Å². The zero-order valence-corrected chi connectivity index (χ0v) is 26.2. The molecule has 1 N–H and O–H groups in total. The van der Waals surface area contributed by atoms with Crippen LogP contribution >= 0.6 is 45.2 Å². The zero-order chi connectivity index (χ0) is 24.0. The number of benzene rings is 2. The van der Waals surface area contributed by atoms with Gasteiger partial charge in [-0.05, 0) is 0 Å². The molecule has 0 unspecified atom stereocenters. The van der Waals surface area contributed by atoms with E-state index in [0.717, 1.165) is 4.23 Å². The fraction of sp³-hybridized carbons (Fsp3) is 0.444. The molecule has 0 spiro atoms. The Hall–Kier alpha value is -0.0677. The monoisotopic (exact) mass is 747 g/mol. The van der Waals surface area contributed by atoms with Crippen LogP contribution in [0, 0.1) is 7.14 Å². The average molecular weight is 748 g/mol. The van der Waals surface area contributed by atoms with Crippen molar-refractivity contribution in [2.75, 3.05) is 0 Å². The van der Waals surface area contributed by atoms with Crippen LogP contribution in [0.15, 0.2) is 36.7 Å². The molecule has 0 saturated heterocycles. The molecule has 32 heavy (non-hydrogen) atoms. The molecule has 0 amide bonds. The summed E-state index contributed by atoms with van der Waals surface area (Å²) in [6, 6.07) is 9.56. The summed E-state index contributed by atoms with van der Waals surface area (Å²) in [5, 5.41) is 3.54. The summed E-state index contributed by atoms with van der Waals surface area (Å²) in [4.78, 5) is 0. The second-order valence-corrected chi connectivity index (χ2v) is 13.2. The molecule has 1 heterocycles. The van der Waals surface area contributed by atoms with Gasteiger partial charge in [0, 0.05) is 0 Å². The molecule has 176 valence electrons. The fourth-order valence-corrected chi connectivity index (χ4v) is 6.61. The summed E-state index contributed by atoms with van der Waals surface area (Å²) >= 11 is 8.63. The van der Waals surface area contributed by atoms with Crippen molar-refractivity contribution in [2.24, 2.45) is 0 Å². The van der Waals surface area contributed by atoms with Gasteiger partial charge < -0.3 is 0 Å². The van der Waals surface area contributed by atoms with Crippen molar-refractivity contribution in [3.05, 3.63) is 66.1 Å². The van der Waals surface area contributed by atoms with E-state index >= 15 is 0 Å². The van der Waals surface area contributed by atoms with Crippen LogP contribution in [0.1, 0.15) is 101 Å². The summed E-state index contributed by atoms with van der Waals surface area (Å²) in [6.07, 6.45) is 4.46. The van der Waals surface area contributed by atoms with E-state index in [1.54, 1.807) is 0 Å². The Kier molecular flexibility index (Phi) is 8.52. The van der Waals surface area contributed by atoms with Crippen LogP contribution in [-0.4, -0.2) is 4.23 Å². The predicted octanol–water partition coefficient (Wildman–Crippen LogP) is 8.74. The maximum absolute atomic E-state index is 3.67. The topological polar surface area (TPSA) is 12.0 Å². The first-order chi connectivity index (χ1) is 14.9. The van der Waals surface area contributed by atoms with Crippen LogP contribution in [0.3, 0.4) is 0 Å². The molecule has 1 aliphatic heterocycles. The second-order valence-electron chi connectivity index (χ2n) is 9.93. The molecule has 0 atom stereocenters. The van der Waals surface area contributed by atoms with E-state index in [0.29, 0.717) is 28.2 Å². The van der Waals surface area contributed by atoms with Gasteiger partial charge in [-0.2, -0.15) is 0 Å². The molecule has 1 aliphatic rings. The van der Waals surface area contributed by atoms with Crippen molar-refractivity contribution < 1.29 is 18.7 Å². The van der Waals surface area contributed by atoms with Gasteiger partial charge in [0.1, 0.15) is 0 Å². The Morgan fingerprint density at radius 2 is 0.969 bits per heavy atom. The molecule has 2 nitrogen and oxygen atoms in total. The van der Waals surface area contributed by atoms with Crippen LogP contribution in [0.2, 0.25) is 0 Å². The molecular weight excluding hydrogens is 713 g/mol. The zero-order valence-electron chi connectivity index (χ0n) is 20.3. The van der Waals surface area contributed by atoms with Gasteiger partial charge in [-0.3, -0.25) is 0 Å². The van der Waals surface area contributed by atoms with E-state index in [1.165, 1.54) is 40.8 Å². The van der Waals surface area contributed by atoms with Crippen LogP contribution in [0.5, 0.6) is 0 Å². The first-order valence-corrected chi connectivity index (χ1v) is 14.4. The van der Waals surface area contributed by atoms with E-state index < -0.39 is 0 Å². The van der Waals surface area contributed by atoms with Gasteiger partial charge in [-0.1, -0.05) is 0 Å². The minimum absolute atomic E-state index is 0.417. The summed E-state index contributed by atoms with van der Waals surface area (Å²) in [7, 11) is 0. The van der Waals surface area contributed by atoms with Gasteiger partial charge in [0.05, 0.1) is 0 Å². The molecule has 5 heteroatoms. The summed E-state index contributed by atoms with van der Waals surface area (Å²) in [5.41, 5.74) is 8.45. The van der Waals surface area contributed by atoms with Gasteiger partial charge in [-0.25, -0.2) is 0 Å². The predicted molar refractivity (Wildman–Crippen MR) is 153 cm³/mol. The molecule has 0 fully saturated rings. The summed E-state index contributed by atoms with van der Waals surface area (Å²) < 4.78 is 4.31. The Bertz CT molecular complexity index is 940. The van der Waals surface area contributed by atoms with Gasteiger partial charge in [0.15, 0.2) is 0 Å². The normalized spacial score (nSPS) is 15.6. The SMILES string of the molecule is CC(C)c1cc(I)cc(C(C)C)c1[N+]1(c2c(C(C)C)cc(I)cc2C(C)C)C=CN[C]1=[Pd]. The Morgan fingerprint density at radius 3 is 1.19 bits per heavy atom. The van der Waals surface area contributed by atoms with E-state index in [2.05, 4.69) is 161 Å². The summed E-state index contributed by atoms with van der Waals surface area (Å²) in [6.45, 7) is 18.6. The molecule has 0 bridgehead atoms. The van der Waals surface area contributed by atoms with Crippen LogP contribution in [0.4, 0.5) is 11.4 Å². The van der Waals surface area contributed by atoms with Gasteiger partial charge in [0.25, 0.3) is 0 Å². The number of hydrogen-bond acceptors (Lipinski definition) is 1. The number of hydrogen-bond donors (Lipinski definition) is 1. The number of quaternary nitrogens is 1. The fourth-order valence-electron chi connectivity index (χ4n) is 4.68. The molecule has 2 aromatic rings. The molecule has 0 saturated carbocycles. The van der Waals surface area contributed by atoms with Crippen molar-refractivity contribution in [1.82, 2.24) is 9.80 Å². The van der Waals surface area contributed by atoms with Gasteiger partial charge in [-0.15, -0.1) is 0 Å². The molecule has 2 aromatic carbocycles. The maximum atomic E-state index is 3.67. The van der Waals surface area contributed by atoms with Crippen LogP contribution in [-0.2, 0) is 18.7 Å². The van der Waals surface area contributed by atoms with Crippen molar-refractivity contribution in [3.8, 4) is 0 Å². The van der Waals surface area contributed by atoms with Gasteiger partial charge >= 0.3 is 234 Å². The molecule has 0 aliphatic carbocycles. The standard InChI is InChI=1S/C27H35I2N2.Pd/c1-16(2)22-11-20(28)12-23(17(3)4)26(22)31(10-9-30-15-31)27-24(18(5)6)13-21(29)14-25(27)19(7)8;/h9-14,16-19,30H,1-8H3;/q+1;. The average Bonchev–Trinajstić information content (AvgIpc) is 3.07. The van der Waals surface area contributed by atoms with Crippen LogP contribution < -0.4 is 9.80 Å². The van der Waals surface area contributed by atoms with E-state index in [-0.39, 0.29) is 0 Å². The van der Waals surface area contributed by atoms with Crippen molar-refractivity contribution >= 4 is 60.8 Å². The third-order valence-electron chi connectivity index (χ3n) is 6.24. The third-order valence-corrected chi connectivity index (χ3v) is 8.26. The molecule has 3 rings (SSSR count). The van der Waals surface area contributed by atoms with Crippen molar-refractivity contribution in [3.63, 3.8) is 0 Å². The van der Waals surface area contributed by atoms with E-state index in [9.17, 15) is 0 Å². The van der Waals surface area contributed by atoms with Crippen molar-refractivity contribution in [2.45, 2.75) is 79.1 Å². The Morgan fingerprint density at radius 1 is 0.656 bits per heavy atom. The first-order valence-electron chi connectivity index (χ1n) is 11.4. The van der Waals surface area contributed by atoms with Crippen molar-refractivity contribution in [1.29, 1.82) is 0 Å². The molecule has 0 aromatic heterocycles. The minimum atomic E-state index is 0.417. The van der Waals surface area contributed by atoms with Crippen LogP contribution in [0.25, 0.3) is 0 Å². The number of rotatable bonds is 6. The van der Waals surface area contributed by atoms with Gasteiger partial charge in [0.2, 0.25) is 0 Å². The second kappa shape index (κ2) is 10.3. The quantitative estimate of drug-likeness (QED) is 0.177. The molecular formula is C27H35I2N2Pd+. The van der Waals surface area contributed by atoms with E-state index in [4.69, 9.17) is 0 Å². The molecule has 0 radical (unpaired) electrons. The third kappa shape index (κ3) is 4.71. The Balaban J connectivity index is 2.60.